The lowest BCUT2D eigenvalue weighted by molar-refractivity contribution is 0.340. The van der Waals surface area contributed by atoms with Gasteiger partial charge in [-0.3, -0.25) is 4.72 Å². The minimum absolute atomic E-state index is 0.105. The number of sulfonamides is 1. The molecule has 0 atom stereocenters. The average molecular weight is 449 g/mol. The van der Waals surface area contributed by atoms with Gasteiger partial charge in [-0.25, -0.2) is 18.4 Å². The van der Waals surface area contributed by atoms with Gasteiger partial charge < -0.3 is 10.1 Å². The van der Waals surface area contributed by atoms with Gasteiger partial charge in [0.25, 0.3) is 10.0 Å². The van der Waals surface area contributed by atoms with Crippen molar-refractivity contribution in [3.8, 4) is 5.75 Å². The second-order valence-electron chi connectivity index (χ2n) is 7.31. The van der Waals surface area contributed by atoms with Crippen LogP contribution in [0.15, 0.2) is 71.6 Å². The van der Waals surface area contributed by atoms with Crippen molar-refractivity contribution in [2.75, 3.05) is 16.6 Å². The van der Waals surface area contributed by atoms with E-state index in [-0.39, 0.29) is 10.7 Å². The summed E-state index contributed by atoms with van der Waals surface area (Å²) in [5, 5.41) is 3.28. The Bertz CT molecular complexity index is 1350. The van der Waals surface area contributed by atoms with E-state index in [4.69, 9.17) is 4.74 Å². The molecule has 164 valence electrons. The molecule has 2 N–H and O–H groups in total. The van der Waals surface area contributed by atoms with E-state index in [0.717, 1.165) is 16.8 Å². The van der Waals surface area contributed by atoms with Crippen molar-refractivity contribution in [2.24, 2.45) is 0 Å². The number of rotatable bonds is 7. The lowest BCUT2D eigenvalue weighted by Gasteiger charge is -2.16. The molecule has 0 radical (unpaired) electrons. The first kappa shape index (κ1) is 21.6. The van der Waals surface area contributed by atoms with E-state index < -0.39 is 10.0 Å². The van der Waals surface area contributed by atoms with Crippen LogP contribution in [0.2, 0.25) is 0 Å². The fraction of sp³-hybridized carbons (Fsp3) is 0.167. The van der Waals surface area contributed by atoms with E-state index in [0.29, 0.717) is 29.2 Å². The second kappa shape index (κ2) is 8.84. The van der Waals surface area contributed by atoms with Crippen molar-refractivity contribution in [3.05, 3.63) is 77.9 Å². The Kier molecular flexibility index (Phi) is 5.96. The van der Waals surface area contributed by atoms with Crippen molar-refractivity contribution in [1.29, 1.82) is 0 Å². The minimum Gasteiger partial charge on any atom is -0.494 e. The molecular formula is C24H24N4O3S. The third-order valence-electron chi connectivity index (χ3n) is 4.97. The topological polar surface area (TPSA) is 93.2 Å². The van der Waals surface area contributed by atoms with Gasteiger partial charge >= 0.3 is 0 Å². The Morgan fingerprint density at radius 2 is 1.41 bits per heavy atom. The summed E-state index contributed by atoms with van der Waals surface area (Å²) < 4.78 is 34.2. The van der Waals surface area contributed by atoms with Crippen LogP contribution >= 0.6 is 0 Å². The van der Waals surface area contributed by atoms with Crippen LogP contribution in [0.25, 0.3) is 11.0 Å². The number of aromatic nitrogens is 2. The summed E-state index contributed by atoms with van der Waals surface area (Å²) in [5.74, 6) is 1.06. The van der Waals surface area contributed by atoms with E-state index in [9.17, 15) is 8.42 Å². The van der Waals surface area contributed by atoms with Crippen LogP contribution in [0.5, 0.6) is 5.75 Å². The number of benzene rings is 3. The normalized spacial score (nSPS) is 11.3. The third-order valence-corrected chi connectivity index (χ3v) is 6.33. The fourth-order valence-corrected chi connectivity index (χ4v) is 4.37. The first-order valence-electron chi connectivity index (χ1n) is 10.2. The van der Waals surface area contributed by atoms with Gasteiger partial charge in [-0.15, -0.1) is 0 Å². The highest BCUT2D eigenvalue weighted by Crippen LogP contribution is 2.30. The molecular weight excluding hydrogens is 424 g/mol. The van der Waals surface area contributed by atoms with Crippen LogP contribution in [-0.2, 0) is 10.0 Å². The molecule has 0 aliphatic carbocycles. The van der Waals surface area contributed by atoms with E-state index >= 15 is 0 Å². The number of aryl methyl sites for hydroxylation is 2. The fourth-order valence-electron chi connectivity index (χ4n) is 3.36. The van der Waals surface area contributed by atoms with Crippen molar-refractivity contribution in [3.63, 3.8) is 0 Å². The van der Waals surface area contributed by atoms with Crippen LogP contribution in [-0.4, -0.2) is 25.0 Å². The maximum Gasteiger partial charge on any atom is 0.263 e. The van der Waals surface area contributed by atoms with Gasteiger partial charge in [0.2, 0.25) is 0 Å². The predicted octanol–water partition coefficient (Wildman–Crippen LogP) is 5.19. The van der Waals surface area contributed by atoms with Gasteiger partial charge in [0.1, 0.15) is 5.75 Å². The van der Waals surface area contributed by atoms with E-state index in [1.807, 2.05) is 57.2 Å². The summed E-state index contributed by atoms with van der Waals surface area (Å²) in [7, 11) is -3.90. The van der Waals surface area contributed by atoms with Gasteiger partial charge in [0, 0.05) is 5.69 Å². The summed E-state index contributed by atoms with van der Waals surface area (Å²) in [4.78, 5) is 9.30. The van der Waals surface area contributed by atoms with Crippen LogP contribution in [0.1, 0.15) is 18.1 Å². The molecule has 0 saturated heterocycles. The minimum atomic E-state index is -3.90. The summed E-state index contributed by atoms with van der Waals surface area (Å²) in [6, 6.07) is 19.5. The van der Waals surface area contributed by atoms with Gasteiger partial charge in [-0.2, -0.15) is 0 Å². The molecule has 4 aromatic rings. The van der Waals surface area contributed by atoms with Gasteiger partial charge in [0.05, 0.1) is 22.5 Å². The Labute approximate surface area is 187 Å². The molecule has 1 heterocycles. The number of hydrogen-bond donors (Lipinski definition) is 2. The smallest absolute Gasteiger partial charge is 0.263 e. The Morgan fingerprint density at radius 1 is 0.812 bits per heavy atom. The molecule has 32 heavy (non-hydrogen) atoms. The van der Waals surface area contributed by atoms with Crippen LogP contribution in [0.4, 0.5) is 17.3 Å². The molecule has 0 bridgehead atoms. The number of hydrogen-bond acceptors (Lipinski definition) is 6. The molecule has 4 rings (SSSR count). The van der Waals surface area contributed by atoms with E-state index in [1.165, 1.54) is 12.1 Å². The van der Waals surface area contributed by atoms with Crippen LogP contribution in [0.3, 0.4) is 0 Å². The summed E-state index contributed by atoms with van der Waals surface area (Å²) >= 11 is 0. The maximum atomic E-state index is 13.1. The molecule has 0 spiro atoms. The molecule has 0 saturated carbocycles. The number of ether oxygens (including phenoxy) is 1. The highest BCUT2D eigenvalue weighted by atomic mass is 32.2. The first-order chi connectivity index (χ1) is 15.4. The molecule has 1 aromatic heterocycles. The molecule has 8 heteroatoms. The number of fused-ring (bicyclic) bond motifs is 1. The zero-order valence-corrected chi connectivity index (χ0v) is 18.9. The molecule has 3 aromatic carbocycles. The standard InChI is InChI=1S/C24H24N4O3S/c1-4-31-18-12-14-19(15-13-18)32(29,30)28-24-23(25-20-10-5-6-11-21(20)26-24)27-22-16(2)8-7-9-17(22)3/h5-15H,4H2,1-3H3,(H,25,27)(H,26,28). The van der Waals surface area contributed by atoms with Gasteiger partial charge in [-0.1, -0.05) is 30.3 Å². The van der Waals surface area contributed by atoms with Crippen molar-refractivity contribution >= 4 is 38.4 Å². The largest absolute Gasteiger partial charge is 0.494 e. The number of nitrogens with zero attached hydrogens (tertiary/aromatic N) is 2. The zero-order valence-electron chi connectivity index (χ0n) is 18.1. The molecule has 0 unspecified atom stereocenters. The van der Waals surface area contributed by atoms with E-state index in [1.54, 1.807) is 18.2 Å². The van der Waals surface area contributed by atoms with Gasteiger partial charge in [-0.05, 0) is 68.3 Å². The highest BCUT2D eigenvalue weighted by molar-refractivity contribution is 7.92. The molecule has 7 nitrogen and oxygen atoms in total. The average Bonchev–Trinajstić information content (AvgIpc) is 2.77. The Morgan fingerprint density at radius 3 is 2.00 bits per heavy atom. The van der Waals surface area contributed by atoms with Crippen LogP contribution in [0, 0.1) is 13.8 Å². The lowest BCUT2D eigenvalue weighted by Crippen LogP contribution is -2.16. The van der Waals surface area contributed by atoms with Crippen molar-refractivity contribution < 1.29 is 13.2 Å². The maximum absolute atomic E-state index is 13.1. The second-order valence-corrected chi connectivity index (χ2v) is 8.99. The lowest BCUT2D eigenvalue weighted by atomic mass is 10.1. The third kappa shape index (κ3) is 4.50. The monoisotopic (exact) mass is 448 g/mol. The SMILES string of the molecule is CCOc1ccc(S(=O)(=O)Nc2nc3ccccc3nc2Nc2c(C)cccc2C)cc1. The van der Waals surface area contributed by atoms with Crippen molar-refractivity contribution in [2.45, 2.75) is 25.7 Å². The predicted molar refractivity (Wildman–Crippen MR) is 127 cm³/mol. The Hall–Kier alpha value is -3.65. The molecule has 0 amide bonds. The van der Waals surface area contributed by atoms with Crippen LogP contribution < -0.4 is 14.8 Å². The molecule has 0 aliphatic heterocycles. The summed E-state index contributed by atoms with van der Waals surface area (Å²) in [6.07, 6.45) is 0. The van der Waals surface area contributed by atoms with E-state index in [2.05, 4.69) is 20.0 Å². The number of para-hydroxylation sites is 3. The molecule has 0 fully saturated rings. The first-order valence-corrected chi connectivity index (χ1v) is 11.7. The number of anilines is 3. The Balaban J connectivity index is 1.76. The van der Waals surface area contributed by atoms with Gasteiger partial charge in [0.15, 0.2) is 11.6 Å². The highest BCUT2D eigenvalue weighted by Gasteiger charge is 2.20. The molecule has 0 aliphatic rings. The quantitative estimate of drug-likeness (QED) is 0.404. The summed E-state index contributed by atoms with van der Waals surface area (Å²) in [6.45, 7) is 6.33. The van der Waals surface area contributed by atoms with Crippen molar-refractivity contribution in [1.82, 2.24) is 9.97 Å². The number of nitrogens with one attached hydrogen (secondary N) is 2. The zero-order chi connectivity index (χ0) is 22.7. The summed E-state index contributed by atoms with van der Waals surface area (Å²) in [5.41, 5.74) is 4.13.